The van der Waals surface area contributed by atoms with Crippen molar-refractivity contribution >= 4 is 27.8 Å². The van der Waals surface area contributed by atoms with Gasteiger partial charge in [0.25, 0.3) is 5.91 Å². The van der Waals surface area contributed by atoms with Crippen molar-refractivity contribution in [1.82, 2.24) is 9.78 Å². The summed E-state index contributed by atoms with van der Waals surface area (Å²) in [5.41, 5.74) is 9.84. The van der Waals surface area contributed by atoms with Crippen LogP contribution in [0.3, 0.4) is 0 Å². The van der Waals surface area contributed by atoms with Gasteiger partial charge < -0.3 is 14.9 Å². The minimum absolute atomic E-state index is 0.102. The number of primary amides is 1. The summed E-state index contributed by atoms with van der Waals surface area (Å²) in [4.78, 5) is 25.5. The van der Waals surface area contributed by atoms with Gasteiger partial charge in [-0.05, 0) is 74.9 Å². The Balaban J connectivity index is 1.66. The van der Waals surface area contributed by atoms with Crippen LogP contribution < -0.4 is 15.9 Å². The largest absolute Gasteiger partial charge is 0.485 e. The number of fused-ring (bicyclic) bond motifs is 2. The van der Waals surface area contributed by atoms with E-state index in [1.54, 1.807) is 36.7 Å². The summed E-state index contributed by atoms with van der Waals surface area (Å²) in [5.74, 6) is 0.00533. The lowest BCUT2D eigenvalue weighted by molar-refractivity contribution is 0.0993. The molecule has 0 saturated carbocycles. The van der Waals surface area contributed by atoms with Gasteiger partial charge in [-0.2, -0.15) is 10.4 Å². The number of aromatic nitrogens is 2. The highest BCUT2D eigenvalue weighted by Crippen LogP contribution is 2.34. The van der Waals surface area contributed by atoms with Crippen molar-refractivity contribution < 1.29 is 13.9 Å². The van der Waals surface area contributed by atoms with E-state index in [9.17, 15) is 14.9 Å². The van der Waals surface area contributed by atoms with E-state index in [0.717, 1.165) is 22.0 Å². The van der Waals surface area contributed by atoms with Crippen LogP contribution >= 0.6 is 0 Å². The van der Waals surface area contributed by atoms with Gasteiger partial charge in [0, 0.05) is 35.3 Å². The summed E-state index contributed by atoms with van der Waals surface area (Å²) in [5, 5.41) is 15.0. The number of hydrogen-bond acceptors (Lipinski definition) is 6. The Morgan fingerprint density at radius 3 is 2.68 bits per heavy atom. The van der Waals surface area contributed by atoms with Gasteiger partial charge in [0.2, 0.25) is 0 Å². The molecule has 1 atom stereocenters. The number of hydrogen-bond donors (Lipinski definition) is 1. The number of carbonyl (C=O) groups is 1. The molecule has 8 heteroatoms. The van der Waals surface area contributed by atoms with E-state index in [-0.39, 0.29) is 16.7 Å². The van der Waals surface area contributed by atoms with Gasteiger partial charge in [-0.1, -0.05) is 0 Å². The van der Waals surface area contributed by atoms with Crippen LogP contribution in [-0.2, 0) is 7.05 Å². The molecule has 0 aliphatic heterocycles. The number of ether oxygens (including phenoxy) is 1. The van der Waals surface area contributed by atoms with Crippen molar-refractivity contribution in [3.63, 3.8) is 0 Å². The van der Waals surface area contributed by atoms with Crippen LogP contribution in [0.5, 0.6) is 5.75 Å². The SMILES string of the molecule is Cc1cc([C@@H](C)Oc2ccc(C#N)cc2C(N)=O)c2oc(-c3ccc4nn(C)cc4c3)c(C)c(=O)c2c1. The zero-order valence-electron chi connectivity index (χ0n) is 20.8. The molecule has 2 heterocycles. The Hall–Kier alpha value is -4.90. The molecule has 0 aliphatic rings. The topological polar surface area (TPSA) is 124 Å². The summed E-state index contributed by atoms with van der Waals surface area (Å²) < 4.78 is 14.3. The van der Waals surface area contributed by atoms with E-state index in [4.69, 9.17) is 14.9 Å². The van der Waals surface area contributed by atoms with Gasteiger partial charge in [0.1, 0.15) is 23.2 Å². The first-order valence-electron chi connectivity index (χ1n) is 11.7. The van der Waals surface area contributed by atoms with Crippen molar-refractivity contribution in [3.05, 3.63) is 92.8 Å². The zero-order chi connectivity index (χ0) is 26.4. The van der Waals surface area contributed by atoms with Gasteiger partial charge in [0.15, 0.2) is 5.43 Å². The van der Waals surface area contributed by atoms with Crippen LogP contribution in [0.4, 0.5) is 0 Å². The van der Waals surface area contributed by atoms with Crippen LogP contribution in [0.25, 0.3) is 33.2 Å². The summed E-state index contributed by atoms with van der Waals surface area (Å²) in [6.45, 7) is 5.45. The monoisotopic (exact) mass is 492 g/mol. The van der Waals surface area contributed by atoms with E-state index in [1.807, 2.05) is 50.5 Å². The van der Waals surface area contributed by atoms with Gasteiger partial charge in [0.05, 0.1) is 28.1 Å². The third-order valence-electron chi connectivity index (χ3n) is 6.39. The molecule has 37 heavy (non-hydrogen) atoms. The third kappa shape index (κ3) is 4.21. The average molecular weight is 493 g/mol. The summed E-state index contributed by atoms with van der Waals surface area (Å²) in [6.07, 6.45) is 1.30. The molecule has 0 unspecified atom stereocenters. The normalized spacial score (nSPS) is 12.0. The summed E-state index contributed by atoms with van der Waals surface area (Å²) in [6, 6.07) is 15.9. The highest BCUT2D eigenvalue weighted by Gasteiger charge is 2.22. The van der Waals surface area contributed by atoms with E-state index < -0.39 is 12.0 Å². The number of nitrogens with two attached hydrogens (primary N) is 1. The molecule has 1 amide bonds. The second-order valence-corrected chi connectivity index (χ2v) is 9.14. The van der Waals surface area contributed by atoms with Gasteiger partial charge in [-0.15, -0.1) is 0 Å². The average Bonchev–Trinajstić information content (AvgIpc) is 3.25. The molecule has 0 bridgehead atoms. The molecule has 5 aromatic rings. The Kier molecular flexibility index (Phi) is 5.76. The molecular weight excluding hydrogens is 468 g/mol. The fourth-order valence-electron chi connectivity index (χ4n) is 4.58. The third-order valence-corrected chi connectivity index (χ3v) is 6.39. The first kappa shape index (κ1) is 23.8. The number of benzene rings is 3. The Labute approximate surface area is 212 Å². The summed E-state index contributed by atoms with van der Waals surface area (Å²) >= 11 is 0. The Morgan fingerprint density at radius 2 is 1.95 bits per heavy atom. The van der Waals surface area contributed by atoms with Crippen LogP contribution in [0.15, 0.2) is 63.9 Å². The summed E-state index contributed by atoms with van der Waals surface area (Å²) in [7, 11) is 1.86. The molecular formula is C29H24N4O4. The van der Waals surface area contributed by atoms with Crippen LogP contribution in [0, 0.1) is 25.2 Å². The van der Waals surface area contributed by atoms with Gasteiger partial charge in [-0.25, -0.2) is 0 Å². The molecule has 0 aliphatic carbocycles. The van der Waals surface area contributed by atoms with Crippen molar-refractivity contribution in [3.8, 4) is 23.1 Å². The second-order valence-electron chi connectivity index (χ2n) is 9.14. The lowest BCUT2D eigenvalue weighted by Gasteiger charge is -2.19. The minimum Gasteiger partial charge on any atom is -0.485 e. The van der Waals surface area contributed by atoms with Crippen molar-refractivity contribution in [1.29, 1.82) is 5.26 Å². The predicted molar refractivity (Wildman–Crippen MR) is 140 cm³/mol. The van der Waals surface area contributed by atoms with Crippen LogP contribution in [0.2, 0.25) is 0 Å². The first-order valence-corrected chi connectivity index (χ1v) is 11.7. The number of aryl methyl sites for hydroxylation is 2. The van der Waals surface area contributed by atoms with Crippen LogP contribution in [0.1, 0.15) is 45.6 Å². The number of nitriles is 1. The Morgan fingerprint density at radius 1 is 1.16 bits per heavy atom. The molecule has 8 nitrogen and oxygen atoms in total. The zero-order valence-corrected chi connectivity index (χ0v) is 20.8. The van der Waals surface area contributed by atoms with Crippen molar-refractivity contribution in [2.45, 2.75) is 26.9 Å². The number of carbonyl (C=O) groups excluding carboxylic acids is 1. The minimum atomic E-state index is -0.705. The lowest BCUT2D eigenvalue weighted by Crippen LogP contribution is -2.15. The van der Waals surface area contributed by atoms with E-state index in [2.05, 4.69) is 5.10 Å². The number of amides is 1. The predicted octanol–water partition coefficient (Wildman–Crippen LogP) is 5.07. The molecule has 2 N–H and O–H groups in total. The molecule has 3 aromatic carbocycles. The van der Waals surface area contributed by atoms with E-state index in [0.29, 0.717) is 33.4 Å². The van der Waals surface area contributed by atoms with Gasteiger partial charge >= 0.3 is 0 Å². The Bertz CT molecular complexity index is 1820. The standard InChI is InChI=1S/C29H24N4O4/c1-15-9-21(17(3)36-25-8-5-18(13-30)11-22(25)29(31)35)28-23(10-15)26(34)16(2)27(37-28)19-6-7-24-20(12-19)14-33(4)32-24/h5-12,14,17H,1-4H3,(H2,31,35)/t17-/m1/s1. The number of rotatable bonds is 5. The highest BCUT2D eigenvalue weighted by atomic mass is 16.5. The lowest BCUT2D eigenvalue weighted by atomic mass is 9.99. The second kappa shape index (κ2) is 8.95. The molecule has 2 aromatic heterocycles. The highest BCUT2D eigenvalue weighted by molar-refractivity contribution is 5.96. The maximum atomic E-state index is 13.5. The molecule has 0 fully saturated rings. The van der Waals surface area contributed by atoms with Gasteiger partial charge in [-0.3, -0.25) is 14.3 Å². The molecule has 5 rings (SSSR count). The van der Waals surface area contributed by atoms with Crippen LogP contribution in [-0.4, -0.2) is 15.7 Å². The fraction of sp³-hybridized carbons (Fsp3) is 0.172. The molecule has 184 valence electrons. The van der Waals surface area contributed by atoms with Crippen molar-refractivity contribution in [2.24, 2.45) is 12.8 Å². The maximum absolute atomic E-state index is 13.5. The van der Waals surface area contributed by atoms with E-state index in [1.165, 1.54) is 6.07 Å². The molecule has 0 radical (unpaired) electrons. The molecule has 0 spiro atoms. The van der Waals surface area contributed by atoms with E-state index >= 15 is 0 Å². The molecule has 0 saturated heterocycles. The van der Waals surface area contributed by atoms with Crippen molar-refractivity contribution in [2.75, 3.05) is 0 Å². The number of nitrogens with zero attached hydrogens (tertiary/aromatic N) is 3. The quantitative estimate of drug-likeness (QED) is 0.365. The smallest absolute Gasteiger partial charge is 0.252 e. The maximum Gasteiger partial charge on any atom is 0.252 e. The first-order chi connectivity index (χ1) is 17.7. The fourth-order valence-corrected chi connectivity index (χ4v) is 4.58.